The number of aromatic nitrogens is 4. The average molecular weight is 474 g/mol. The highest BCUT2D eigenvalue weighted by molar-refractivity contribution is 7.10. The molecular weight excluding hydrogens is 442 g/mol. The highest BCUT2D eigenvalue weighted by atomic mass is 32.1. The van der Waals surface area contributed by atoms with Crippen molar-refractivity contribution in [2.24, 2.45) is 11.5 Å². The van der Waals surface area contributed by atoms with Crippen LogP contribution in [-0.4, -0.2) is 30.8 Å². The van der Waals surface area contributed by atoms with Crippen molar-refractivity contribution in [2.75, 3.05) is 0 Å². The fourth-order valence-corrected chi connectivity index (χ4v) is 5.08. The number of unbranched alkanes of at least 4 members (excludes halogenated alkanes) is 4. The minimum Gasteiger partial charge on any atom is -0.382 e. The molecule has 0 atom stereocenters. The van der Waals surface area contributed by atoms with E-state index in [4.69, 9.17) is 27.7 Å². The number of nitrogens with two attached hydrogens (primary N) is 2. The molecule has 0 aliphatic rings. The van der Waals surface area contributed by atoms with E-state index in [0.29, 0.717) is 17.0 Å². The molecule has 7 N–H and O–H groups in total. The maximum absolute atomic E-state index is 8.39. The number of nitrogen functional groups attached to an aromatic ring is 2. The van der Waals surface area contributed by atoms with E-state index in [2.05, 4.69) is 9.97 Å². The number of nitrogens with one attached hydrogen (secondary N) is 3. The van der Waals surface area contributed by atoms with Gasteiger partial charge < -0.3 is 20.6 Å². The van der Waals surface area contributed by atoms with Crippen LogP contribution in [0.3, 0.4) is 0 Å². The molecular formula is C21H31N9S2. The van der Waals surface area contributed by atoms with Crippen LogP contribution in [0.15, 0.2) is 23.2 Å². The maximum Gasteiger partial charge on any atom is 0.202 e. The van der Waals surface area contributed by atoms with E-state index in [1.165, 1.54) is 0 Å². The summed E-state index contributed by atoms with van der Waals surface area (Å²) in [5, 5.41) is 28.9. The Morgan fingerprint density at radius 3 is 1.56 bits per heavy atom. The summed E-state index contributed by atoms with van der Waals surface area (Å²) in [7, 11) is 0. The number of amidine groups is 2. The van der Waals surface area contributed by atoms with Gasteiger partial charge in [-0.25, -0.2) is 9.97 Å². The van der Waals surface area contributed by atoms with Crippen molar-refractivity contribution in [1.29, 1.82) is 16.2 Å². The summed E-state index contributed by atoms with van der Waals surface area (Å²) in [6.07, 6.45) is 12.1. The Balaban J connectivity index is 1.30. The lowest BCUT2D eigenvalue weighted by Crippen LogP contribution is -2.24. The van der Waals surface area contributed by atoms with Gasteiger partial charge in [0.1, 0.15) is 23.1 Å². The van der Waals surface area contributed by atoms with Crippen LogP contribution < -0.4 is 17.1 Å². The van der Waals surface area contributed by atoms with Gasteiger partial charge in [0.15, 0.2) is 0 Å². The standard InChI is InChI=1S/C21H31N9S2/c22-19(23)15-13-31-17(27-15)7-3-1-5-9-29-11-12-30(21(29)26)10-6-2-4-8-18-28-16(14-32-18)20(24)25/h11-14,26H,1-10H2,(H3,22,23)(H3,24,25). The molecule has 0 bridgehead atoms. The third kappa shape index (κ3) is 6.86. The number of nitrogens with zero attached hydrogens (tertiary/aromatic N) is 4. The average Bonchev–Trinajstić information content (AvgIpc) is 3.49. The van der Waals surface area contributed by atoms with Crippen LogP contribution in [0.25, 0.3) is 0 Å². The molecule has 0 amide bonds. The van der Waals surface area contributed by atoms with Crippen LogP contribution >= 0.6 is 22.7 Å². The van der Waals surface area contributed by atoms with Crippen LogP contribution in [0.4, 0.5) is 0 Å². The first-order valence-electron chi connectivity index (χ1n) is 10.8. The quantitative estimate of drug-likeness (QED) is 0.138. The highest BCUT2D eigenvalue weighted by Crippen LogP contribution is 2.14. The summed E-state index contributed by atoms with van der Waals surface area (Å²) in [5.41, 5.74) is 12.6. The molecule has 0 fully saturated rings. The van der Waals surface area contributed by atoms with Gasteiger partial charge in [0, 0.05) is 36.2 Å². The van der Waals surface area contributed by atoms with Gasteiger partial charge in [-0.05, 0) is 38.5 Å². The second-order valence-corrected chi connectivity index (χ2v) is 9.60. The third-order valence-electron chi connectivity index (χ3n) is 5.21. The van der Waals surface area contributed by atoms with Gasteiger partial charge in [0.25, 0.3) is 0 Å². The van der Waals surface area contributed by atoms with Gasteiger partial charge in [-0.2, -0.15) is 0 Å². The van der Waals surface area contributed by atoms with E-state index in [9.17, 15) is 0 Å². The number of rotatable bonds is 14. The zero-order chi connectivity index (χ0) is 22.9. The summed E-state index contributed by atoms with van der Waals surface area (Å²) in [6.45, 7) is 1.70. The predicted octanol–water partition coefficient (Wildman–Crippen LogP) is 3.08. The Hall–Kier alpha value is -2.79. The molecule has 3 aromatic heterocycles. The molecule has 0 spiro atoms. The fourth-order valence-electron chi connectivity index (χ4n) is 3.40. The molecule has 172 valence electrons. The number of hydrogen-bond acceptors (Lipinski definition) is 7. The lowest BCUT2D eigenvalue weighted by molar-refractivity contribution is 0.521. The lowest BCUT2D eigenvalue weighted by Gasteiger charge is -2.05. The molecule has 9 nitrogen and oxygen atoms in total. The molecule has 32 heavy (non-hydrogen) atoms. The molecule has 0 aromatic carbocycles. The SMILES string of the molecule is N=C(N)c1csc(CCCCCn2ccn(CCCCCc3nc(C(=N)N)cs3)c2=N)n1. The number of aryl methyl sites for hydroxylation is 4. The first-order chi connectivity index (χ1) is 15.4. The van der Waals surface area contributed by atoms with Crippen molar-refractivity contribution in [3.8, 4) is 0 Å². The van der Waals surface area contributed by atoms with E-state index in [0.717, 1.165) is 74.5 Å². The summed E-state index contributed by atoms with van der Waals surface area (Å²) in [6, 6.07) is 0. The van der Waals surface area contributed by atoms with Crippen molar-refractivity contribution in [2.45, 2.75) is 64.5 Å². The monoisotopic (exact) mass is 473 g/mol. The Bertz CT molecular complexity index is 1010. The molecule has 3 aromatic rings. The fraction of sp³-hybridized carbons (Fsp3) is 0.476. The summed E-state index contributed by atoms with van der Waals surface area (Å²) in [4.78, 5) is 8.73. The zero-order valence-electron chi connectivity index (χ0n) is 18.1. The van der Waals surface area contributed by atoms with Crippen molar-refractivity contribution in [3.63, 3.8) is 0 Å². The number of imidazole rings is 1. The largest absolute Gasteiger partial charge is 0.382 e. The molecule has 3 heterocycles. The van der Waals surface area contributed by atoms with Gasteiger partial charge in [-0.15, -0.1) is 22.7 Å². The van der Waals surface area contributed by atoms with Crippen LogP contribution in [0.2, 0.25) is 0 Å². The minimum atomic E-state index is 0.0270. The smallest absolute Gasteiger partial charge is 0.202 e. The van der Waals surface area contributed by atoms with E-state index in [-0.39, 0.29) is 11.7 Å². The van der Waals surface area contributed by atoms with E-state index in [1.54, 1.807) is 22.7 Å². The van der Waals surface area contributed by atoms with E-state index >= 15 is 0 Å². The Kier molecular flexibility index (Phi) is 8.74. The number of thiazole rings is 2. The molecule has 0 aliphatic heterocycles. The van der Waals surface area contributed by atoms with Crippen molar-refractivity contribution in [3.05, 3.63) is 50.2 Å². The van der Waals surface area contributed by atoms with Gasteiger partial charge in [0.05, 0.1) is 10.0 Å². The van der Waals surface area contributed by atoms with Crippen molar-refractivity contribution in [1.82, 2.24) is 19.1 Å². The lowest BCUT2D eigenvalue weighted by atomic mass is 10.2. The van der Waals surface area contributed by atoms with Crippen LogP contribution in [0.5, 0.6) is 0 Å². The Morgan fingerprint density at radius 2 is 1.19 bits per heavy atom. The van der Waals surface area contributed by atoms with Gasteiger partial charge in [-0.1, -0.05) is 12.8 Å². The Labute approximate surface area is 195 Å². The summed E-state index contributed by atoms with van der Waals surface area (Å²) >= 11 is 3.13. The minimum absolute atomic E-state index is 0.0270. The van der Waals surface area contributed by atoms with Gasteiger partial charge in [0.2, 0.25) is 5.62 Å². The Morgan fingerprint density at radius 1 is 0.750 bits per heavy atom. The summed E-state index contributed by atoms with van der Waals surface area (Å²) in [5.74, 6) is 0.0540. The second-order valence-electron chi connectivity index (χ2n) is 7.71. The molecule has 0 aliphatic carbocycles. The van der Waals surface area contributed by atoms with E-state index in [1.807, 2.05) is 32.3 Å². The van der Waals surface area contributed by atoms with Crippen molar-refractivity contribution >= 4 is 34.3 Å². The van der Waals surface area contributed by atoms with E-state index < -0.39 is 0 Å². The van der Waals surface area contributed by atoms with Gasteiger partial charge in [-0.3, -0.25) is 16.2 Å². The highest BCUT2D eigenvalue weighted by Gasteiger charge is 2.06. The molecule has 0 saturated heterocycles. The number of hydrogen-bond donors (Lipinski definition) is 5. The molecule has 0 saturated carbocycles. The van der Waals surface area contributed by atoms with Gasteiger partial charge >= 0.3 is 0 Å². The topological polar surface area (TPSA) is 159 Å². The maximum atomic E-state index is 8.39. The van der Waals surface area contributed by atoms with Crippen LogP contribution in [0.1, 0.15) is 59.9 Å². The molecule has 3 rings (SSSR count). The first-order valence-corrected chi connectivity index (χ1v) is 12.6. The molecule has 0 unspecified atom stereocenters. The first kappa shape index (κ1) is 23.9. The zero-order valence-corrected chi connectivity index (χ0v) is 19.8. The molecule has 0 radical (unpaired) electrons. The third-order valence-corrected chi connectivity index (χ3v) is 7.02. The van der Waals surface area contributed by atoms with Crippen LogP contribution in [-0.2, 0) is 25.9 Å². The molecule has 11 heteroatoms. The normalized spacial score (nSPS) is 11.1. The predicted molar refractivity (Wildman–Crippen MR) is 130 cm³/mol. The van der Waals surface area contributed by atoms with Crippen LogP contribution in [0, 0.1) is 16.2 Å². The van der Waals surface area contributed by atoms with Crippen molar-refractivity contribution < 1.29 is 0 Å². The second kappa shape index (κ2) is 11.7. The summed E-state index contributed by atoms with van der Waals surface area (Å²) < 4.78 is 4.02.